The monoisotopic (exact) mass is 365 g/mol. The van der Waals surface area contributed by atoms with Crippen molar-refractivity contribution in [3.63, 3.8) is 0 Å². The first kappa shape index (κ1) is 17.6. The molecule has 6 heteroatoms. The molecule has 1 aliphatic rings. The van der Waals surface area contributed by atoms with Gasteiger partial charge in [-0.05, 0) is 59.3 Å². The normalized spacial score (nSPS) is 17.4. The predicted octanol–water partition coefficient (Wildman–Crippen LogP) is 3.40. The summed E-state index contributed by atoms with van der Waals surface area (Å²) >= 11 is 3.35. The van der Waals surface area contributed by atoms with E-state index in [1.807, 2.05) is 19.1 Å². The minimum Gasteiger partial charge on any atom is -0.503 e. The van der Waals surface area contributed by atoms with Gasteiger partial charge < -0.3 is 20.3 Å². The van der Waals surface area contributed by atoms with Gasteiger partial charge in [0.1, 0.15) is 0 Å². The van der Waals surface area contributed by atoms with E-state index in [-0.39, 0.29) is 24.2 Å². The van der Waals surface area contributed by atoms with Gasteiger partial charge >= 0.3 is 0 Å². The molecule has 0 amide bonds. The van der Waals surface area contributed by atoms with Crippen molar-refractivity contribution in [1.29, 1.82) is 0 Å². The molecular weight excluding hydrogens is 346 g/mol. The van der Waals surface area contributed by atoms with Crippen LogP contribution in [0.2, 0.25) is 0 Å². The average molecular weight is 367 g/mol. The number of hydrogen-bond donors (Lipinski definition) is 2. The Hall–Kier alpha value is -0.490. The maximum absolute atomic E-state index is 9.91. The van der Waals surface area contributed by atoms with Crippen LogP contribution in [0.25, 0.3) is 0 Å². The van der Waals surface area contributed by atoms with Crippen LogP contribution in [-0.2, 0) is 4.74 Å². The van der Waals surface area contributed by atoms with Gasteiger partial charge in [-0.1, -0.05) is 0 Å². The molecule has 1 aromatic carbocycles. The quantitative estimate of drug-likeness (QED) is 0.857. The number of benzene rings is 1. The predicted molar refractivity (Wildman–Crippen MR) is 84.7 cm³/mol. The van der Waals surface area contributed by atoms with Crippen LogP contribution in [0.15, 0.2) is 16.6 Å². The highest BCUT2D eigenvalue weighted by atomic mass is 79.9. The second kappa shape index (κ2) is 8.08. The van der Waals surface area contributed by atoms with Crippen LogP contribution in [0.4, 0.5) is 0 Å². The highest BCUT2D eigenvalue weighted by Crippen LogP contribution is 2.39. The van der Waals surface area contributed by atoms with Gasteiger partial charge in [0, 0.05) is 19.3 Å². The number of nitrogens with two attached hydrogens (primary N) is 1. The van der Waals surface area contributed by atoms with Gasteiger partial charge in [-0.15, -0.1) is 12.4 Å². The Bertz CT molecular complexity index is 439. The zero-order valence-electron chi connectivity index (χ0n) is 11.5. The summed E-state index contributed by atoms with van der Waals surface area (Å²) in [6, 6.07) is 3.65. The Balaban J connectivity index is 0.00000200. The molecule has 0 aromatic heterocycles. The van der Waals surface area contributed by atoms with Crippen molar-refractivity contribution in [3.05, 3.63) is 22.2 Å². The highest BCUT2D eigenvalue weighted by molar-refractivity contribution is 9.10. The van der Waals surface area contributed by atoms with Crippen LogP contribution in [0.5, 0.6) is 11.5 Å². The Morgan fingerprint density at radius 3 is 2.70 bits per heavy atom. The number of aromatic hydroxyl groups is 1. The summed E-state index contributed by atoms with van der Waals surface area (Å²) in [5, 5.41) is 9.91. The highest BCUT2D eigenvalue weighted by Gasteiger charge is 2.24. The summed E-state index contributed by atoms with van der Waals surface area (Å²) in [6.07, 6.45) is 1.95. The molecule has 3 N–H and O–H groups in total. The van der Waals surface area contributed by atoms with Crippen LogP contribution in [0, 0.1) is 5.92 Å². The molecule has 1 fully saturated rings. The van der Waals surface area contributed by atoms with E-state index in [0.29, 0.717) is 22.7 Å². The van der Waals surface area contributed by atoms with Gasteiger partial charge in [-0.25, -0.2) is 0 Å². The maximum atomic E-state index is 9.91. The van der Waals surface area contributed by atoms with Crippen molar-refractivity contribution in [2.45, 2.75) is 25.8 Å². The van der Waals surface area contributed by atoms with Gasteiger partial charge in [0.15, 0.2) is 11.5 Å². The fourth-order valence-electron chi connectivity index (χ4n) is 2.40. The van der Waals surface area contributed by atoms with Crippen LogP contribution in [-0.4, -0.2) is 24.9 Å². The van der Waals surface area contributed by atoms with Crippen molar-refractivity contribution < 1.29 is 14.6 Å². The molecule has 0 aliphatic carbocycles. The molecule has 20 heavy (non-hydrogen) atoms. The molecule has 1 heterocycles. The molecule has 0 spiro atoms. The van der Waals surface area contributed by atoms with Crippen LogP contribution < -0.4 is 10.5 Å². The minimum atomic E-state index is -0.0555. The van der Waals surface area contributed by atoms with Gasteiger partial charge in [0.2, 0.25) is 0 Å². The Morgan fingerprint density at radius 2 is 2.10 bits per heavy atom. The van der Waals surface area contributed by atoms with E-state index in [0.717, 1.165) is 31.6 Å². The lowest BCUT2D eigenvalue weighted by molar-refractivity contribution is 0.0583. The lowest BCUT2D eigenvalue weighted by Crippen LogP contribution is -2.27. The molecule has 2 rings (SSSR count). The zero-order chi connectivity index (χ0) is 13.8. The van der Waals surface area contributed by atoms with Crippen LogP contribution >= 0.6 is 28.3 Å². The molecule has 0 bridgehead atoms. The van der Waals surface area contributed by atoms with Crippen molar-refractivity contribution >= 4 is 28.3 Å². The van der Waals surface area contributed by atoms with Gasteiger partial charge in [-0.2, -0.15) is 0 Å². The molecule has 1 atom stereocenters. The first-order valence-corrected chi connectivity index (χ1v) is 7.41. The molecule has 4 nitrogen and oxygen atoms in total. The number of phenols is 1. The standard InChI is InChI=1S/C14H20BrNO3.ClH/c1-2-19-12-8-10(7-11(15)14(12)17)13(16)9-3-5-18-6-4-9;/h7-9,13,17H,2-6,16H2,1H3;1H/t13-;/m0./s1. The van der Waals surface area contributed by atoms with E-state index in [1.165, 1.54) is 0 Å². The molecule has 114 valence electrons. The lowest BCUT2D eigenvalue weighted by Gasteiger charge is -2.28. The summed E-state index contributed by atoms with van der Waals surface area (Å²) in [6.45, 7) is 3.94. The fourth-order valence-corrected chi connectivity index (χ4v) is 2.86. The number of halogens is 2. The molecule has 0 saturated carbocycles. The Labute approximate surface area is 134 Å². The van der Waals surface area contributed by atoms with E-state index in [1.54, 1.807) is 0 Å². The van der Waals surface area contributed by atoms with Crippen molar-refractivity contribution in [2.75, 3.05) is 19.8 Å². The molecule has 1 aliphatic heterocycles. The topological polar surface area (TPSA) is 64.7 Å². The first-order chi connectivity index (χ1) is 9.13. The van der Waals surface area contributed by atoms with Gasteiger partial charge in [-0.3, -0.25) is 0 Å². The molecule has 0 radical (unpaired) electrons. The maximum Gasteiger partial charge on any atom is 0.172 e. The third kappa shape index (κ3) is 4.01. The lowest BCUT2D eigenvalue weighted by atomic mass is 9.87. The summed E-state index contributed by atoms with van der Waals surface area (Å²) in [7, 11) is 0. The second-order valence-corrected chi connectivity index (χ2v) is 5.61. The van der Waals surface area contributed by atoms with Crippen molar-refractivity contribution in [1.82, 2.24) is 0 Å². The Kier molecular flexibility index (Phi) is 7.09. The number of phenolic OH excluding ortho intramolecular Hbond substituents is 1. The summed E-state index contributed by atoms with van der Waals surface area (Å²) in [4.78, 5) is 0. The van der Waals surface area contributed by atoms with Crippen LogP contribution in [0.1, 0.15) is 31.4 Å². The SMILES string of the molecule is CCOc1cc([C@@H](N)C2CCOCC2)cc(Br)c1O.Cl. The van der Waals surface area contributed by atoms with E-state index in [4.69, 9.17) is 15.2 Å². The third-order valence-electron chi connectivity index (χ3n) is 3.51. The summed E-state index contributed by atoms with van der Waals surface area (Å²) < 4.78 is 11.4. The minimum absolute atomic E-state index is 0. The summed E-state index contributed by atoms with van der Waals surface area (Å²) in [5.41, 5.74) is 7.33. The zero-order valence-corrected chi connectivity index (χ0v) is 13.9. The number of ether oxygens (including phenoxy) is 2. The first-order valence-electron chi connectivity index (χ1n) is 6.62. The molecular formula is C14H21BrClNO3. The van der Waals surface area contributed by atoms with Crippen molar-refractivity contribution in [2.24, 2.45) is 11.7 Å². The Morgan fingerprint density at radius 1 is 1.45 bits per heavy atom. The van der Waals surface area contributed by atoms with E-state index in [9.17, 15) is 5.11 Å². The molecule has 1 saturated heterocycles. The smallest absolute Gasteiger partial charge is 0.172 e. The average Bonchev–Trinajstić information content (AvgIpc) is 2.44. The van der Waals surface area contributed by atoms with Crippen molar-refractivity contribution in [3.8, 4) is 11.5 Å². The van der Waals surface area contributed by atoms with Gasteiger partial charge in [0.05, 0.1) is 11.1 Å². The third-order valence-corrected chi connectivity index (χ3v) is 4.11. The van der Waals surface area contributed by atoms with Gasteiger partial charge in [0.25, 0.3) is 0 Å². The molecule has 1 aromatic rings. The van der Waals surface area contributed by atoms with E-state index >= 15 is 0 Å². The largest absolute Gasteiger partial charge is 0.503 e. The van der Waals surface area contributed by atoms with E-state index < -0.39 is 0 Å². The summed E-state index contributed by atoms with van der Waals surface area (Å²) in [5.74, 6) is 1.03. The molecule has 0 unspecified atom stereocenters. The number of hydrogen-bond acceptors (Lipinski definition) is 4. The second-order valence-electron chi connectivity index (χ2n) is 4.76. The fraction of sp³-hybridized carbons (Fsp3) is 0.571. The van der Waals surface area contributed by atoms with Crippen LogP contribution in [0.3, 0.4) is 0 Å². The number of rotatable bonds is 4. The van der Waals surface area contributed by atoms with E-state index in [2.05, 4.69) is 15.9 Å².